The minimum absolute atomic E-state index is 0.112. The van der Waals surface area contributed by atoms with E-state index in [9.17, 15) is 25.2 Å². The number of carbonyl (C=O) groups excluding carboxylic acids is 1. The van der Waals surface area contributed by atoms with Gasteiger partial charge in [0.2, 0.25) is 6.29 Å². The molecule has 3 rings (SSSR count). The Kier molecular flexibility index (Phi) is 8.70. The fourth-order valence-corrected chi connectivity index (χ4v) is 3.70. The molecule has 10 heteroatoms. The molecule has 0 radical (unpaired) electrons. The van der Waals surface area contributed by atoms with Crippen molar-refractivity contribution in [3.05, 3.63) is 47.5 Å². The lowest BCUT2D eigenvalue weighted by atomic mass is 9.99. The molecular weight excluding hydrogens is 448 g/mol. The molecule has 0 saturated carbocycles. The summed E-state index contributed by atoms with van der Waals surface area (Å²) in [6.45, 7) is -0.588. The van der Waals surface area contributed by atoms with Gasteiger partial charge in [0.05, 0.1) is 27.9 Å². The lowest BCUT2D eigenvalue weighted by Gasteiger charge is -2.39. The topological polar surface area (TPSA) is 144 Å². The Morgan fingerprint density at radius 1 is 0.882 bits per heavy atom. The van der Waals surface area contributed by atoms with E-state index in [4.69, 9.17) is 23.7 Å². The molecule has 2 aromatic carbocycles. The number of carbonyl (C=O) groups is 1. The first-order chi connectivity index (χ1) is 16.3. The molecule has 1 aliphatic heterocycles. The lowest BCUT2D eigenvalue weighted by Crippen LogP contribution is -2.60. The summed E-state index contributed by atoms with van der Waals surface area (Å²) in [7, 11) is 4.46. The quantitative estimate of drug-likeness (QED) is 0.360. The molecule has 0 amide bonds. The predicted octanol–water partition coefficient (Wildman–Crippen LogP) is 0.707. The summed E-state index contributed by atoms with van der Waals surface area (Å²) in [4.78, 5) is 12.8. The Hall–Kier alpha value is -2.89. The smallest absolute Gasteiger partial charge is 0.229 e. The highest BCUT2D eigenvalue weighted by Gasteiger charge is 2.45. The average Bonchev–Trinajstić information content (AvgIpc) is 2.87. The molecule has 4 N–H and O–H groups in total. The molecule has 10 nitrogen and oxygen atoms in total. The summed E-state index contributed by atoms with van der Waals surface area (Å²) in [6.07, 6.45) is -6.88. The molecule has 1 saturated heterocycles. The maximum absolute atomic E-state index is 12.8. The highest BCUT2D eigenvalue weighted by atomic mass is 16.7. The van der Waals surface area contributed by atoms with E-state index in [-0.39, 0.29) is 24.4 Å². The van der Waals surface area contributed by atoms with Crippen LogP contribution < -0.4 is 18.9 Å². The molecule has 186 valence electrons. The number of aliphatic hydroxyl groups excluding tert-OH is 4. The van der Waals surface area contributed by atoms with Crippen molar-refractivity contribution >= 4 is 5.78 Å². The zero-order valence-corrected chi connectivity index (χ0v) is 19.2. The predicted molar refractivity (Wildman–Crippen MR) is 120 cm³/mol. The van der Waals surface area contributed by atoms with Gasteiger partial charge in [-0.25, -0.2) is 0 Å². The number of Topliss-reactive ketones (excluding diaryl/α,β-unsaturated/α-hetero) is 1. The largest absolute Gasteiger partial charge is 0.497 e. The fourth-order valence-electron chi connectivity index (χ4n) is 3.70. The van der Waals surface area contributed by atoms with E-state index in [1.54, 1.807) is 37.4 Å². The number of ketones is 1. The summed E-state index contributed by atoms with van der Waals surface area (Å²) in [5, 5.41) is 39.9. The van der Waals surface area contributed by atoms with Crippen LogP contribution >= 0.6 is 0 Å². The number of hydrogen-bond acceptors (Lipinski definition) is 10. The van der Waals surface area contributed by atoms with Crippen LogP contribution in [0.1, 0.15) is 22.3 Å². The molecule has 5 atom stereocenters. The van der Waals surface area contributed by atoms with Crippen molar-refractivity contribution in [2.45, 2.75) is 43.5 Å². The first-order valence-electron chi connectivity index (χ1n) is 10.7. The van der Waals surface area contributed by atoms with E-state index in [1.807, 2.05) is 0 Å². The first kappa shape index (κ1) is 25.7. The number of benzene rings is 2. The highest BCUT2D eigenvalue weighted by Crippen LogP contribution is 2.37. The minimum atomic E-state index is -1.59. The van der Waals surface area contributed by atoms with Crippen LogP contribution in [0.4, 0.5) is 0 Å². The second-order valence-corrected chi connectivity index (χ2v) is 7.77. The van der Waals surface area contributed by atoms with Crippen molar-refractivity contribution in [2.24, 2.45) is 0 Å². The maximum atomic E-state index is 12.8. The highest BCUT2D eigenvalue weighted by molar-refractivity contribution is 5.96. The fraction of sp³-hybridized carbons (Fsp3) is 0.458. The summed E-state index contributed by atoms with van der Waals surface area (Å²) < 4.78 is 27.2. The molecule has 34 heavy (non-hydrogen) atoms. The van der Waals surface area contributed by atoms with Crippen molar-refractivity contribution in [3.8, 4) is 23.0 Å². The normalized spacial score (nSPS) is 24.4. The molecule has 0 aromatic heterocycles. The third kappa shape index (κ3) is 5.60. The van der Waals surface area contributed by atoms with Gasteiger partial charge in [0, 0.05) is 29.7 Å². The monoisotopic (exact) mass is 478 g/mol. The number of methoxy groups -OCH3 is 3. The van der Waals surface area contributed by atoms with Gasteiger partial charge in [-0.3, -0.25) is 4.79 Å². The molecule has 1 fully saturated rings. The van der Waals surface area contributed by atoms with Crippen molar-refractivity contribution in [2.75, 3.05) is 27.9 Å². The van der Waals surface area contributed by atoms with Gasteiger partial charge in [-0.2, -0.15) is 0 Å². The van der Waals surface area contributed by atoms with Crippen molar-refractivity contribution < 1.29 is 48.9 Å². The second kappa shape index (κ2) is 11.5. The van der Waals surface area contributed by atoms with E-state index in [0.29, 0.717) is 28.4 Å². The molecule has 1 aliphatic rings. The lowest BCUT2D eigenvalue weighted by molar-refractivity contribution is -0.277. The van der Waals surface area contributed by atoms with Crippen LogP contribution in [0.3, 0.4) is 0 Å². The molecular formula is C24H30O10. The van der Waals surface area contributed by atoms with E-state index in [2.05, 4.69) is 0 Å². The van der Waals surface area contributed by atoms with E-state index in [0.717, 1.165) is 0 Å². The van der Waals surface area contributed by atoms with Crippen molar-refractivity contribution in [1.29, 1.82) is 0 Å². The van der Waals surface area contributed by atoms with Crippen LogP contribution in [0.25, 0.3) is 0 Å². The third-order valence-electron chi connectivity index (χ3n) is 5.70. The third-order valence-corrected chi connectivity index (χ3v) is 5.70. The SMILES string of the molecule is COc1ccc(C(=O)CCc2c(OC)cc(OC)cc2O[C@@H]2O[C@H](CO)[C@@H](O)[C@H](O)[C@H]2O)cc1. The Morgan fingerprint density at radius 2 is 1.53 bits per heavy atom. The zero-order chi connectivity index (χ0) is 24.8. The number of rotatable bonds is 10. The summed E-state index contributed by atoms with van der Waals surface area (Å²) in [6, 6.07) is 9.93. The van der Waals surface area contributed by atoms with Gasteiger partial charge in [-0.1, -0.05) is 0 Å². The van der Waals surface area contributed by atoms with Gasteiger partial charge in [0.25, 0.3) is 0 Å². The maximum Gasteiger partial charge on any atom is 0.229 e. The van der Waals surface area contributed by atoms with Gasteiger partial charge in [0.1, 0.15) is 47.4 Å². The molecule has 0 aliphatic carbocycles. The molecule has 0 spiro atoms. The second-order valence-electron chi connectivity index (χ2n) is 7.77. The number of ether oxygens (including phenoxy) is 5. The molecule has 0 unspecified atom stereocenters. The Balaban J connectivity index is 1.85. The Bertz CT molecular complexity index is 959. The van der Waals surface area contributed by atoms with Crippen LogP contribution in [0.5, 0.6) is 23.0 Å². The van der Waals surface area contributed by atoms with Gasteiger partial charge < -0.3 is 44.1 Å². The van der Waals surface area contributed by atoms with Crippen LogP contribution in [0, 0.1) is 0 Å². The molecule has 0 bridgehead atoms. The summed E-state index contributed by atoms with van der Waals surface area (Å²) in [5.74, 6) is 1.51. The van der Waals surface area contributed by atoms with Gasteiger partial charge in [-0.15, -0.1) is 0 Å². The average molecular weight is 478 g/mol. The van der Waals surface area contributed by atoms with Gasteiger partial charge >= 0.3 is 0 Å². The molecule has 1 heterocycles. The van der Waals surface area contributed by atoms with E-state index in [1.165, 1.54) is 20.3 Å². The van der Waals surface area contributed by atoms with Crippen molar-refractivity contribution in [3.63, 3.8) is 0 Å². The summed E-state index contributed by atoms with van der Waals surface area (Å²) >= 11 is 0. The van der Waals surface area contributed by atoms with Crippen LogP contribution in [-0.4, -0.2) is 84.9 Å². The number of hydrogen-bond donors (Lipinski definition) is 4. The van der Waals surface area contributed by atoms with Crippen LogP contribution in [-0.2, 0) is 11.2 Å². The van der Waals surface area contributed by atoms with Crippen LogP contribution in [0.15, 0.2) is 36.4 Å². The van der Waals surface area contributed by atoms with E-state index < -0.39 is 37.3 Å². The minimum Gasteiger partial charge on any atom is -0.497 e. The Labute approximate surface area is 197 Å². The van der Waals surface area contributed by atoms with Gasteiger partial charge in [-0.05, 0) is 30.7 Å². The number of aliphatic hydroxyl groups is 4. The Morgan fingerprint density at radius 3 is 2.12 bits per heavy atom. The first-order valence-corrected chi connectivity index (χ1v) is 10.7. The standard InChI is InChI=1S/C24H30O10/c1-30-14-6-4-13(5-7-14)17(26)9-8-16-18(32-3)10-15(31-2)11-19(16)33-24-23(29)22(28)21(27)20(12-25)34-24/h4-7,10-11,20-25,27-29H,8-9,12H2,1-3H3/t20-,21-,22+,23-,24-/m1/s1. The zero-order valence-electron chi connectivity index (χ0n) is 19.2. The summed E-state index contributed by atoms with van der Waals surface area (Å²) in [5.41, 5.74) is 1.03. The molecule has 2 aromatic rings. The van der Waals surface area contributed by atoms with Crippen LogP contribution in [0.2, 0.25) is 0 Å². The van der Waals surface area contributed by atoms with Crippen molar-refractivity contribution in [1.82, 2.24) is 0 Å². The van der Waals surface area contributed by atoms with E-state index >= 15 is 0 Å². The van der Waals surface area contributed by atoms with Gasteiger partial charge in [0.15, 0.2) is 5.78 Å².